The van der Waals surface area contributed by atoms with E-state index in [9.17, 15) is 0 Å². The van der Waals surface area contributed by atoms with E-state index in [0.29, 0.717) is 6.10 Å². The fourth-order valence-corrected chi connectivity index (χ4v) is 2.74. The molecule has 0 spiro atoms. The molecule has 0 radical (unpaired) electrons. The molecule has 1 heterocycles. The molecule has 0 N–H and O–H groups in total. The molecule has 70 valence electrons. The van der Waals surface area contributed by atoms with Crippen LogP contribution in [0.1, 0.15) is 39.5 Å². The van der Waals surface area contributed by atoms with Gasteiger partial charge in [0.15, 0.2) is 0 Å². The lowest BCUT2D eigenvalue weighted by Gasteiger charge is -2.40. The molecule has 0 aromatic carbocycles. The maximum absolute atomic E-state index is 5.86. The molecule has 1 aliphatic heterocycles. The fraction of sp³-hybridized carbons (Fsp3) is 1.00. The Kier molecular flexibility index (Phi) is 2.40. The van der Waals surface area contributed by atoms with E-state index in [0.717, 1.165) is 24.4 Å². The Labute approximate surface area is 75.5 Å². The summed E-state index contributed by atoms with van der Waals surface area (Å²) < 4.78 is 5.86. The highest BCUT2D eigenvalue weighted by Crippen LogP contribution is 2.37. The van der Waals surface area contributed by atoms with Crippen molar-refractivity contribution in [1.82, 2.24) is 0 Å². The Morgan fingerprint density at radius 2 is 1.83 bits per heavy atom. The topological polar surface area (TPSA) is 9.23 Å². The SMILES string of the molecule is CC1COC2C[C@@H](C)CCC2C1. The third kappa shape index (κ3) is 1.66. The molecule has 12 heavy (non-hydrogen) atoms. The van der Waals surface area contributed by atoms with Gasteiger partial charge in [-0.05, 0) is 37.0 Å². The van der Waals surface area contributed by atoms with Crippen LogP contribution in [-0.4, -0.2) is 12.7 Å². The van der Waals surface area contributed by atoms with Crippen LogP contribution >= 0.6 is 0 Å². The van der Waals surface area contributed by atoms with Crippen molar-refractivity contribution in [3.63, 3.8) is 0 Å². The second-order valence-corrected chi connectivity index (χ2v) is 4.89. The van der Waals surface area contributed by atoms with Gasteiger partial charge in [-0.1, -0.05) is 20.3 Å². The zero-order valence-corrected chi connectivity index (χ0v) is 8.25. The van der Waals surface area contributed by atoms with Crippen LogP contribution in [0.2, 0.25) is 0 Å². The summed E-state index contributed by atoms with van der Waals surface area (Å²) in [5, 5.41) is 0. The van der Waals surface area contributed by atoms with E-state index in [1.807, 2.05) is 0 Å². The molecule has 3 unspecified atom stereocenters. The van der Waals surface area contributed by atoms with Gasteiger partial charge < -0.3 is 4.74 Å². The molecule has 4 atom stereocenters. The zero-order valence-electron chi connectivity index (χ0n) is 8.25. The molecule has 1 aliphatic carbocycles. The van der Waals surface area contributed by atoms with Crippen LogP contribution in [0.4, 0.5) is 0 Å². The number of hydrogen-bond acceptors (Lipinski definition) is 1. The maximum Gasteiger partial charge on any atom is 0.0606 e. The minimum atomic E-state index is 0.616. The quantitative estimate of drug-likeness (QED) is 0.540. The lowest BCUT2D eigenvalue weighted by atomic mass is 9.75. The Morgan fingerprint density at radius 1 is 1.00 bits per heavy atom. The first-order valence-electron chi connectivity index (χ1n) is 5.37. The van der Waals surface area contributed by atoms with E-state index in [1.54, 1.807) is 0 Å². The minimum absolute atomic E-state index is 0.616. The lowest BCUT2D eigenvalue weighted by Crippen LogP contribution is -2.37. The molecule has 0 aromatic rings. The second kappa shape index (κ2) is 3.37. The first-order valence-corrected chi connectivity index (χ1v) is 5.37. The number of rotatable bonds is 0. The van der Waals surface area contributed by atoms with Crippen LogP contribution in [0.3, 0.4) is 0 Å². The van der Waals surface area contributed by atoms with Gasteiger partial charge in [0.1, 0.15) is 0 Å². The summed E-state index contributed by atoms with van der Waals surface area (Å²) >= 11 is 0. The van der Waals surface area contributed by atoms with Gasteiger partial charge in [-0.2, -0.15) is 0 Å². The summed E-state index contributed by atoms with van der Waals surface area (Å²) in [4.78, 5) is 0. The van der Waals surface area contributed by atoms with Gasteiger partial charge in [-0.25, -0.2) is 0 Å². The zero-order chi connectivity index (χ0) is 8.55. The third-order valence-electron chi connectivity index (χ3n) is 3.49. The first kappa shape index (κ1) is 8.55. The highest BCUT2D eigenvalue weighted by molar-refractivity contribution is 4.83. The summed E-state index contributed by atoms with van der Waals surface area (Å²) in [5.74, 6) is 2.60. The summed E-state index contributed by atoms with van der Waals surface area (Å²) in [6.07, 6.45) is 6.19. The van der Waals surface area contributed by atoms with Gasteiger partial charge in [-0.15, -0.1) is 0 Å². The van der Waals surface area contributed by atoms with E-state index in [4.69, 9.17) is 4.74 Å². The molecular formula is C11H20O. The Balaban J connectivity index is 1.94. The van der Waals surface area contributed by atoms with E-state index in [1.165, 1.54) is 25.7 Å². The molecule has 1 saturated carbocycles. The van der Waals surface area contributed by atoms with Crippen LogP contribution in [0.15, 0.2) is 0 Å². The molecule has 2 fully saturated rings. The maximum atomic E-state index is 5.86. The molecular weight excluding hydrogens is 148 g/mol. The van der Waals surface area contributed by atoms with Crippen molar-refractivity contribution in [1.29, 1.82) is 0 Å². The smallest absolute Gasteiger partial charge is 0.0606 e. The average Bonchev–Trinajstić information content (AvgIpc) is 2.05. The molecule has 1 saturated heterocycles. The predicted octanol–water partition coefficient (Wildman–Crippen LogP) is 2.85. The van der Waals surface area contributed by atoms with Crippen molar-refractivity contribution in [2.24, 2.45) is 17.8 Å². The average molecular weight is 168 g/mol. The minimum Gasteiger partial charge on any atom is -0.378 e. The van der Waals surface area contributed by atoms with Gasteiger partial charge in [0, 0.05) is 6.61 Å². The van der Waals surface area contributed by atoms with Gasteiger partial charge in [-0.3, -0.25) is 0 Å². The summed E-state index contributed by atoms with van der Waals surface area (Å²) in [5.41, 5.74) is 0. The molecule has 0 aromatic heterocycles. The molecule has 2 aliphatic rings. The normalized spacial score (nSPS) is 48.5. The monoisotopic (exact) mass is 168 g/mol. The van der Waals surface area contributed by atoms with E-state index in [2.05, 4.69) is 13.8 Å². The van der Waals surface area contributed by atoms with Crippen molar-refractivity contribution in [2.75, 3.05) is 6.61 Å². The fourth-order valence-electron chi connectivity index (χ4n) is 2.74. The van der Waals surface area contributed by atoms with Crippen molar-refractivity contribution >= 4 is 0 Å². The van der Waals surface area contributed by atoms with Crippen LogP contribution in [0.5, 0.6) is 0 Å². The highest BCUT2D eigenvalue weighted by atomic mass is 16.5. The van der Waals surface area contributed by atoms with Gasteiger partial charge >= 0.3 is 0 Å². The Bertz CT molecular complexity index is 137. The number of fused-ring (bicyclic) bond motifs is 1. The molecule has 2 rings (SSSR count). The van der Waals surface area contributed by atoms with Crippen LogP contribution in [0, 0.1) is 17.8 Å². The molecule has 0 bridgehead atoms. The van der Waals surface area contributed by atoms with E-state index >= 15 is 0 Å². The van der Waals surface area contributed by atoms with Gasteiger partial charge in [0.05, 0.1) is 6.10 Å². The van der Waals surface area contributed by atoms with Gasteiger partial charge in [0.2, 0.25) is 0 Å². The van der Waals surface area contributed by atoms with Crippen molar-refractivity contribution in [2.45, 2.75) is 45.6 Å². The molecule has 1 heteroatoms. The Hall–Kier alpha value is -0.0400. The largest absolute Gasteiger partial charge is 0.378 e. The summed E-state index contributed by atoms with van der Waals surface area (Å²) in [7, 11) is 0. The molecule has 0 amide bonds. The van der Waals surface area contributed by atoms with Crippen LogP contribution < -0.4 is 0 Å². The third-order valence-corrected chi connectivity index (χ3v) is 3.49. The van der Waals surface area contributed by atoms with Crippen molar-refractivity contribution < 1.29 is 4.74 Å². The number of ether oxygens (including phenoxy) is 1. The standard InChI is InChI=1S/C11H20O/c1-8-3-4-10-5-9(2)7-12-11(10)6-8/h8-11H,3-7H2,1-2H3/t8-,9?,10?,11?/m0/s1. The molecule has 1 nitrogen and oxygen atoms in total. The number of hydrogen-bond donors (Lipinski definition) is 0. The van der Waals surface area contributed by atoms with Crippen LogP contribution in [-0.2, 0) is 4.74 Å². The van der Waals surface area contributed by atoms with Gasteiger partial charge in [0.25, 0.3) is 0 Å². The van der Waals surface area contributed by atoms with E-state index in [-0.39, 0.29) is 0 Å². The van der Waals surface area contributed by atoms with Crippen LogP contribution in [0.25, 0.3) is 0 Å². The van der Waals surface area contributed by atoms with Crippen molar-refractivity contribution in [3.05, 3.63) is 0 Å². The summed E-state index contributed by atoms with van der Waals surface area (Å²) in [6, 6.07) is 0. The van der Waals surface area contributed by atoms with Crippen molar-refractivity contribution in [3.8, 4) is 0 Å². The second-order valence-electron chi connectivity index (χ2n) is 4.89. The van der Waals surface area contributed by atoms with E-state index < -0.39 is 0 Å². The summed E-state index contributed by atoms with van der Waals surface area (Å²) in [6.45, 7) is 5.68. The highest BCUT2D eigenvalue weighted by Gasteiger charge is 2.33. The predicted molar refractivity (Wildman–Crippen MR) is 50.0 cm³/mol. The Morgan fingerprint density at radius 3 is 2.67 bits per heavy atom. The lowest BCUT2D eigenvalue weighted by molar-refractivity contribution is -0.0799. The first-order chi connectivity index (χ1) is 5.75.